The summed E-state index contributed by atoms with van der Waals surface area (Å²) >= 11 is 0. The molecule has 0 aliphatic carbocycles. The maximum absolute atomic E-state index is 12.4. The number of carbonyl (C=O) groups excluding carboxylic acids is 3. The first-order valence-electron chi connectivity index (χ1n) is 10.4. The quantitative estimate of drug-likeness (QED) is 0.678. The standard InChI is InChI=1S/C25H32N2O4/c1-15-8-13-21(16(2)14-15)27-22(28)18(4)31-24(30)17(3)26-23(29)19-9-11-20(12-10-19)25(5,6)7/h8-14,17-18H,1-7H3,(H,26,29)(H,27,28)/t17-,18-/m0/s1. The van der Waals surface area contributed by atoms with E-state index in [2.05, 4.69) is 31.4 Å². The minimum absolute atomic E-state index is 0.0140. The molecular weight excluding hydrogens is 392 g/mol. The van der Waals surface area contributed by atoms with Crippen molar-refractivity contribution in [2.75, 3.05) is 5.32 Å². The van der Waals surface area contributed by atoms with Crippen molar-refractivity contribution in [3.8, 4) is 0 Å². The molecule has 0 unspecified atom stereocenters. The summed E-state index contributed by atoms with van der Waals surface area (Å²) in [5.41, 5.74) is 4.23. The Morgan fingerprint density at radius 1 is 0.935 bits per heavy atom. The Morgan fingerprint density at radius 2 is 1.55 bits per heavy atom. The molecule has 0 aliphatic rings. The van der Waals surface area contributed by atoms with Crippen LogP contribution in [0.2, 0.25) is 0 Å². The average Bonchev–Trinajstić information content (AvgIpc) is 2.69. The first kappa shape index (κ1) is 24.1. The van der Waals surface area contributed by atoms with Crippen molar-refractivity contribution in [3.63, 3.8) is 0 Å². The Kier molecular flexibility index (Phi) is 7.60. The first-order valence-corrected chi connectivity index (χ1v) is 10.4. The maximum atomic E-state index is 12.4. The zero-order chi connectivity index (χ0) is 23.3. The number of anilines is 1. The van der Waals surface area contributed by atoms with Crippen LogP contribution in [0.25, 0.3) is 0 Å². The van der Waals surface area contributed by atoms with Gasteiger partial charge in [-0.3, -0.25) is 9.59 Å². The van der Waals surface area contributed by atoms with Crippen LogP contribution in [0.4, 0.5) is 5.69 Å². The van der Waals surface area contributed by atoms with Crippen molar-refractivity contribution in [1.82, 2.24) is 5.32 Å². The Morgan fingerprint density at radius 3 is 2.10 bits per heavy atom. The molecule has 2 amide bonds. The monoisotopic (exact) mass is 424 g/mol. The van der Waals surface area contributed by atoms with Gasteiger partial charge in [0.1, 0.15) is 6.04 Å². The molecule has 0 saturated carbocycles. The molecule has 6 heteroatoms. The van der Waals surface area contributed by atoms with Crippen LogP contribution in [0.3, 0.4) is 0 Å². The number of hydrogen-bond acceptors (Lipinski definition) is 4. The number of benzene rings is 2. The third kappa shape index (κ3) is 6.67. The SMILES string of the molecule is Cc1ccc(NC(=O)[C@H](C)OC(=O)[C@H](C)NC(=O)c2ccc(C(C)(C)C)cc2)c(C)c1. The third-order valence-corrected chi connectivity index (χ3v) is 5.02. The van der Waals surface area contributed by atoms with Crippen LogP contribution in [0.5, 0.6) is 0 Å². The van der Waals surface area contributed by atoms with Gasteiger partial charge in [-0.25, -0.2) is 4.79 Å². The normalized spacial score (nSPS) is 13.1. The van der Waals surface area contributed by atoms with E-state index in [-0.39, 0.29) is 11.3 Å². The van der Waals surface area contributed by atoms with E-state index in [1.807, 2.05) is 44.2 Å². The zero-order valence-electron chi connectivity index (χ0n) is 19.3. The topological polar surface area (TPSA) is 84.5 Å². The number of hydrogen-bond donors (Lipinski definition) is 2. The minimum atomic E-state index is -1.00. The predicted molar refractivity (Wildman–Crippen MR) is 122 cm³/mol. The fourth-order valence-corrected chi connectivity index (χ4v) is 2.98. The maximum Gasteiger partial charge on any atom is 0.329 e. The predicted octanol–water partition coefficient (Wildman–Crippen LogP) is 4.29. The number of nitrogens with one attached hydrogen (secondary N) is 2. The van der Waals surface area contributed by atoms with Crippen LogP contribution in [0, 0.1) is 13.8 Å². The summed E-state index contributed by atoms with van der Waals surface area (Å²) in [7, 11) is 0. The third-order valence-electron chi connectivity index (χ3n) is 5.02. The molecule has 0 heterocycles. The van der Waals surface area contributed by atoms with Gasteiger partial charge in [0.25, 0.3) is 11.8 Å². The van der Waals surface area contributed by atoms with Gasteiger partial charge in [0.15, 0.2) is 6.10 Å². The molecule has 2 atom stereocenters. The molecule has 2 N–H and O–H groups in total. The van der Waals surface area contributed by atoms with Crippen LogP contribution >= 0.6 is 0 Å². The van der Waals surface area contributed by atoms with Gasteiger partial charge in [0, 0.05) is 11.3 Å². The van der Waals surface area contributed by atoms with Crippen LogP contribution < -0.4 is 10.6 Å². The van der Waals surface area contributed by atoms with Gasteiger partial charge in [-0.2, -0.15) is 0 Å². The van der Waals surface area contributed by atoms with Crippen molar-refractivity contribution < 1.29 is 19.1 Å². The molecule has 2 aromatic carbocycles. The van der Waals surface area contributed by atoms with Crippen LogP contribution in [-0.4, -0.2) is 29.9 Å². The minimum Gasteiger partial charge on any atom is -0.451 e. The number of aryl methyl sites for hydroxylation is 2. The zero-order valence-corrected chi connectivity index (χ0v) is 19.3. The summed E-state index contributed by atoms with van der Waals surface area (Å²) in [6.07, 6.45) is -1.00. The fourth-order valence-electron chi connectivity index (χ4n) is 2.98. The van der Waals surface area contributed by atoms with Crippen LogP contribution in [0.1, 0.15) is 61.7 Å². The van der Waals surface area contributed by atoms with Crippen LogP contribution in [0.15, 0.2) is 42.5 Å². The molecule has 0 spiro atoms. The van der Waals surface area contributed by atoms with Gasteiger partial charge in [-0.15, -0.1) is 0 Å². The molecule has 0 saturated heterocycles. The smallest absolute Gasteiger partial charge is 0.329 e. The molecule has 2 rings (SSSR count). The number of rotatable bonds is 6. The number of esters is 1. The second kappa shape index (κ2) is 9.77. The first-order chi connectivity index (χ1) is 14.4. The Bertz CT molecular complexity index is 958. The van der Waals surface area contributed by atoms with E-state index in [1.54, 1.807) is 12.1 Å². The highest BCUT2D eigenvalue weighted by molar-refractivity contribution is 5.98. The summed E-state index contributed by atoms with van der Waals surface area (Å²) in [6, 6.07) is 12.0. The Hall–Kier alpha value is -3.15. The summed E-state index contributed by atoms with van der Waals surface area (Å²) in [4.78, 5) is 37.2. The van der Waals surface area contributed by atoms with E-state index >= 15 is 0 Å². The van der Waals surface area contributed by atoms with E-state index in [0.29, 0.717) is 11.3 Å². The summed E-state index contributed by atoms with van der Waals surface area (Å²) < 4.78 is 5.24. The van der Waals surface area contributed by atoms with E-state index in [4.69, 9.17) is 4.74 Å². The van der Waals surface area contributed by atoms with Crippen molar-refractivity contribution in [3.05, 3.63) is 64.7 Å². The highest BCUT2D eigenvalue weighted by atomic mass is 16.5. The number of ether oxygens (including phenoxy) is 1. The lowest BCUT2D eigenvalue weighted by Crippen LogP contribution is -2.42. The summed E-state index contributed by atoms with van der Waals surface area (Å²) in [5.74, 6) is -1.49. The Labute approximate surface area is 184 Å². The molecule has 0 fully saturated rings. The molecule has 0 radical (unpaired) electrons. The molecule has 0 aromatic heterocycles. The summed E-state index contributed by atoms with van der Waals surface area (Å²) in [6.45, 7) is 13.2. The van der Waals surface area contributed by atoms with Crippen molar-refractivity contribution >= 4 is 23.5 Å². The van der Waals surface area contributed by atoms with E-state index in [9.17, 15) is 14.4 Å². The highest BCUT2D eigenvalue weighted by Crippen LogP contribution is 2.22. The van der Waals surface area contributed by atoms with Crippen molar-refractivity contribution in [2.24, 2.45) is 0 Å². The fraction of sp³-hybridized carbons (Fsp3) is 0.400. The van der Waals surface area contributed by atoms with Crippen molar-refractivity contribution in [2.45, 2.75) is 66.0 Å². The lowest BCUT2D eigenvalue weighted by atomic mass is 9.86. The second-order valence-corrected chi connectivity index (χ2v) is 8.91. The molecule has 0 aliphatic heterocycles. The lowest BCUT2D eigenvalue weighted by Gasteiger charge is -2.20. The molecule has 0 bridgehead atoms. The van der Waals surface area contributed by atoms with Gasteiger partial charge in [0.2, 0.25) is 0 Å². The summed E-state index contributed by atoms with van der Waals surface area (Å²) in [5, 5.41) is 5.38. The molecule has 6 nitrogen and oxygen atoms in total. The van der Waals surface area contributed by atoms with Gasteiger partial charge in [0.05, 0.1) is 0 Å². The van der Waals surface area contributed by atoms with E-state index in [1.165, 1.54) is 13.8 Å². The van der Waals surface area contributed by atoms with Gasteiger partial charge < -0.3 is 15.4 Å². The molecular formula is C25H32N2O4. The lowest BCUT2D eigenvalue weighted by molar-refractivity contribution is -0.154. The second-order valence-electron chi connectivity index (χ2n) is 8.91. The van der Waals surface area contributed by atoms with Gasteiger partial charge >= 0.3 is 5.97 Å². The number of amides is 2. The highest BCUT2D eigenvalue weighted by Gasteiger charge is 2.24. The molecule has 166 valence electrons. The van der Waals surface area contributed by atoms with Gasteiger partial charge in [-0.05, 0) is 62.4 Å². The van der Waals surface area contributed by atoms with Crippen molar-refractivity contribution in [1.29, 1.82) is 0 Å². The van der Waals surface area contributed by atoms with E-state index < -0.39 is 24.0 Å². The Balaban J connectivity index is 1.92. The largest absolute Gasteiger partial charge is 0.451 e. The molecule has 2 aromatic rings. The number of carbonyl (C=O) groups is 3. The average molecular weight is 425 g/mol. The molecule has 31 heavy (non-hydrogen) atoms. The van der Waals surface area contributed by atoms with Crippen LogP contribution in [-0.2, 0) is 19.7 Å². The van der Waals surface area contributed by atoms with Gasteiger partial charge in [-0.1, -0.05) is 50.6 Å². The van der Waals surface area contributed by atoms with E-state index in [0.717, 1.165) is 16.7 Å².